The molecule has 0 saturated carbocycles. The molecule has 0 aromatic heterocycles. The van der Waals surface area contributed by atoms with Crippen LogP contribution < -0.4 is 16.1 Å². The lowest BCUT2D eigenvalue weighted by atomic mass is 9.87. The van der Waals surface area contributed by atoms with Crippen molar-refractivity contribution in [3.05, 3.63) is 71.6 Å². The number of nitrogens with zero attached hydrogens (tertiary/aromatic N) is 1. The van der Waals surface area contributed by atoms with E-state index in [-0.39, 0.29) is 11.8 Å². The predicted octanol–water partition coefficient (Wildman–Crippen LogP) is 4.26. The lowest BCUT2D eigenvalue weighted by Crippen LogP contribution is -2.23. The van der Waals surface area contributed by atoms with Gasteiger partial charge >= 0.3 is 0 Å². The van der Waals surface area contributed by atoms with E-state index in [2.05, 4.69) is 45.5 Å². The Bertz CT molecular complexity index is 779. The van der Waals surface area contributed by atoms with Gasteiger partial charge in [0, 0.05) is 17.0 Å². The van der Waals surface area contributed by atoms with Gasteiger partial charge in [0.15, 0.2) is 5.75 Å². The van der Waals surface area contributed by atoms with Gasteiger partial charge < -0.3 is 10.6 Å². The summed E-state index contributed by atoms with van der Waals surface area (Å²) in [4.78, 5) is 5.73. The minimum absolute atomic E-state index is 0.0767. The molecule has 4 nitrogen and oxygen atoms in total. The van der Waals surface area contributed by atoms with Crippen molar-refractivity contribution in [2.24, 2.45) is 5.73 Å². The van der Waals surface area contributed by atoms with Crippen molar-refractivity contribution >= 4 is 5.57 Å². The van der Waals surface area contributed by atoms with E-state index >= 15 is 0 Å². The van der Waals surface area contributed by atoms with Crippen molar-refractivity contribution in [2.75, 3.05) is 0 Å². The molecule has 1 aromatic carbocycles. The second kappa shape index (κ2) is 7.10. The van der Waals surface area contributed by atoms with E-state index in [0.717, 1.165) is 28.0 Å². The molecule has 1 aliphatic rings. The highest BCUT2D eigenvalue weighted by Gasteiger charge is 2.22. The number of benzene rings is 1. The maximum atomic E-state index is 9.35. The molecule has 0 aliphatic carbocycles. The van der Waals surface area contributed by atoms with Gasteiger partial charge in [0.05, 0.1) is 11.6 Å². The van der Waals surface area contributed by atoms with Crippen LogP contribution in [0.4, 0.5) is 0 Å². The van der Waals surface area contributed by atoms with Crippen LogP contribution in [0.3, 0.4) is 0 Å². The first-order valence-electron chi connectivity index (χ1n) is 7.90. The minimum atomic E-state index is 0.0767. The number of fused-ring (bicyclic) bond motifs is 1. The molecular weight excluding hydrogens is 298 g/mol. The highest BCUT2D eigenvalue weighted by Crippen LogP contribution is 2.39. The van der Waals surface area contributed by atoms with Crippen molar-refractivity contribution in [3.8, 4) is 11.8 Å². The first-order valence-corrected chi connectivity index (χ1v) is 7.90. The summed E-state index contributed by atoms with van der Waals surface area (Å²) >= 11 is 0. The molecule has 0 bridgehead atoms. The van der Waals surface area contributed by atoms with Crippen LogP contribution in [-0.4, -0.2) is 0 Å². The number of allylic oxidation sites excluding steroid dienone is 5. The summed E-state index contributed by atoms with van der Waals surface area (Å²) in [6.45, 7) is 13.8. The summed E-state index contributed by atoms with van der Waals surface area (Å²) < 4.78 is 0. The van der Waals surface area contributed by atoms with Crippen molar-refractivity contribution in [1.82, 2.24) is 5.48 Å². The predicted molar refractivity (Wildman–Crippen MR) is 97.9 cm³/mol. The van der Waals surface area contributed by atoms with Crippen molar-refractivity contribution in [3.63, 3.8) is 0 Å². The Balaban J connectivity index is 2.78. The summed E-state index contributed by atoms with van der Waals surface area (Å²) in [7, 11) is 0. The average molecular weight is 321 g/mol. The van der Waals surface area contributed by atoms with Crippen molar-refractivity contribution in [1.29, 1.82) is 5.26 Å². The molecule has 4 heteroatoms. The molecule has 0 fully saturated rings. The molecule has 1 heterocycles. The second-order valence-electron chi connectivity index (χ2n) is 6.10. The Labute approximate surface area is 143 Å². The smallest absolute Gasteiger partial charge is 0.162 e. The lowest BCUT2D eigenvalue weighted by Gasteiger charge is -2.20. The molecular formula is C20H23N3O. The minimum Gasteiger partial charge on any atom is -0.383 e. The van der Waals surface area contributed by atoms with E-state index in [0.29, 0.717) is 11.4 Å². The largest absolute Gasteiger partial charge is 0.383 e. The first kappa shape index (κ1) is 17.4. The maximum absolute atomic E-state index is 9.35. The number of nitriles is 1. The molecule has 0 saturated heterocycles. The number of hydrogen-bond donors (Lipinski definition) is 2. The van der Waals surface area contributed by atoms with E-state index in [9.17, 15) is 5.26 Å². The normalized spacial score (nSPS) is 17.3. The van der Waals surface area contributed by atoms with Gasteiger partial charge in [-0.3, -0.25) is 0 Å². The monoisotopic (exact) mass is 321 g/mol. The maximum Gasteiger partial charge on any atom is 0.162 e. The molecule has 1 unspecified atom stereocenters. The van der Waals surface area contributed by atoms with Gasteiger partial charge in [0.1, 0.15) is 5.82 Å². The molecule has 1 aromatic rings. The molecule has 1 aliphatic heterocycles. The van der Waals surface area contributed by atoms with Gasteiger partial charge in [-0.2, -0.15) is 5.26 Å². The van der Waals surface area contributed by atoms with E-state index in [1.54, 1.807) is 12.2 Å². The molecule has 3 N–H and O–H groups in total. The molecule has 0 spiro atoms. The van der Waals surface area contributed by atoms with Crippen LogP contribution in [-0.2, 0) is 0 Å². The fourth-order valence-corrected chi connectivity index (χ4v) is 2.82. The number of rotatable bonds is 4. The van der Waals surface area contributed by atoms with E-state index < -0.39 is 0 Å². The lowest BCUT2D eigenvalue weighted by molar-refractivity contribution is 0.225. The second-order valence-corrected chi connectivity index (χ2v) is 6.10. The first-order chi connectivity index (χ1) is 11.4. The summed E-state index contributed by atoms with van der Waals surface area (Å²) in [5.41, 5.74) is 12.9. The van der Waals surface area contributed by atoms with Gasteiger partial charge in [-0.25, -0.2) is 5.48 Å². The van der Waals surface area contributed by atoms with Crippen LogP contribution in [0, 0.1) is 11.3 Å². The fraction of sp³-hybridized carbons (Fsp3) is 0.250. The molecule has 24 heavy (non-hydrogen) atoms. The third-order valence-corrected chi connectivity index (χ3v) is 4.09. The van der Waals surface area contributed by atoms with Crippen LogP contribution in [0.25, 0.3) is 5.57 Å². The van der Waals surface area contributed by atoms with Gasteiger partial charge in [0.2, 0.25) is 0 Å². The SMILES string of the molecule is C=C/C(C#N)=C(\C=C)c1cc(C(C)C)c2c(c1)C(C)C=C(N)NO2. The summed E-state index contributed by atoms with van der Waals surface area (Å²) in [6.07, 6.45) is 5.16. The zero-order valence-corrected chi connectivity index (χ0v) is 14.4. The van der Waals surface area contributed by atoms with E-state index in [1.165, 1.54) is 0 Å². The van der Waals surface area contributed by atoms with Crippen LogP contribution in [0.1, 0.15) is 49.3 Å². The van der Waals surface area contributed by atoms with Gasteiger partial charge in [-0.15, -0.1) is 0 Å². The number of hydroxylamine groups is 1. The highest BCUT2D eigenvalue weighted by atomic mass is 16.6. The Morgan fingerprint density at radius 3 is 2.62 bits per heavy atom. The third-order valence-electron chi connectivity index (χ3n) is 4.09. The quantitative estimate of drug-likeness (QED) is 0.642. The summed E-state index contributed by atoms with van der Waals surface area (Å²) in [5, 5.41) is 9.35. The summed E-state index contributed by atoms with van der Waals surface area (Å²) in [5.74, 6) is 1.59. The van der Waals surface area contributed by atoms with Crippen LogP contribution in [0.5, 0.6) is 5.75 Å². The van der Waals surface area contributed by atoms with Gasteiger partial charge in [-0.05, 0) is 35.3 Å². The number of nitrogens with one attached hydrogen (secondary N) is 1. The Morgan fingerprint density at radius 1 is 1.38 bits per heavy atom. The number of nitrogens with two attached hydrogens (primary N) is 1. The van der Waals surface area contributed by atoms with Crippen molar-refractivity contribution < 1.29 is 4.84 Å². The van der Waals surface area contributed by atoms with Crippen LogP contribution in [0.2, 0.25) is 0 Å². The number of hydrogen-bond acceptors (Lipinski definition) is 4. The topological polar surface area (TPSA) is 71.1 Å². The Hall–Kier alpha value is -2.93. The molecule has 1 atom stereocenters. The zero-order chi connectivity index (χ0) is 17.9. The summed E-state index contributed by atoms with van der Waals surface area (Å²) in [6, 6.07) is 6.24. The molecule has 124 valence electrons. The van der Waals surface area contributed by atoms with Gasteiger partial charge in [0.25, 0.3) is 0 Å². The van der Waals surface area contributed by atoms with Crippen LogP contribution in [0.15, 0.2) is 54.9 Å². The van der Waals surface area contributed by atoms with Crippen LogP contribution >= 0.6 is 0 Å². The molecule has 0 amide bonds. The van der Waals surface area contributed by atoms with E-state index in [1.807, 2.05) is 18.2 Å². The molecule has 2 rings (SSSR count). The Kier molecular flexibility index (Phi) is 5.15. The highest BCUT2D eigenvalue weighted by molar-refractivity contribution is 5.82. The van der Waals surface area contributed by atoms with Gasteiger partial charge in [-0.1, -0.05) is 46.1 Å². The zero-order valence-electron chi connectivity index (χ0n) is 14.4. The average Bonchev–Trinajstić information content (AvgIpc) is 2.70. The van der Waals surface area contributed by atoms with Crippen molar-refractivity contribution in [2.45, 2.75) is 32.6 Å². The fourth-order valence-electron chi connectivity index (χ4n) is 2.82. The standard InChI is InChI=1S/C20H23N3O/c1-6-14(11-21)16(7-2)15-9-17(12(3)4)20-18(10-15)13(5)8-19(22)23-24-20/h6-10,12-13,23H,1-2,22H2,3-5H3/b16-14-. The third kappa shape index (κ3) is 3.21. The van der Waals surface area contributed by atoms with E-state index in [4.69, 9.17) is 10.6 Å². The molecule has 0 radical (unpaired) electrons. The Morgan fingerprint density at radius 2 is 2.08 bits per heavy atom.